The second-order valence-corrected chi connectivity index (χ2v) is 5.50. The Balaban J connectivity index is 2.82. The Morgan fingerprint density at radius 2 is 2.05 bits per heavy atom. The Bertz CT molecular complexity index is 425. The lowest BCUT2D eigenvalue weighted by molar-refractivity contribution is 0.350. The molecule has 0 aliphatic rings. The predicted molar refractivity (Wildman–Crippen MR) is 80.1 cm³/mol. The van der Waals surface area contributed by atoms with E-state index in [2.05, 4.69) is 26.1 Å². The number of ether oxygens (including phenoxy) is 2. The topological polar surface area (TPSA) is 30.5 Å². The maximum atomic E-state index is 5.68. The van der Waals surface area contributed by atoms with Gasteiger partial charge < -0.3 is 14.8 Å². The monoisotopic (exact) mass is 283 g/mol. The molecule has 0 saturated carbocycles. The van der Waals surface area contributed by atoms with Gasteiger partial charge >= 0.3 is 0 Å². The highest BCUT2D eigenvalue weighted by Crippen LogP contribution is 2.24. The van der Waals surface area contributed by atoms with Crippen molar-refractivity contribution < 1.29 is 9.47 Å². The molecule has 0 atom stereocenters. The lowest BCUT2D eigenvalue weighted by Crippen LogP contribution is -2.35. The van der Waals surface area contributed by atoms with Crippen LogP contribution in [0.25, 0.3) is 0 Å². The number of methoxy groups -OCH3 is 1. The van der Waals surface area contributed by atoms with Crippen LogP contribution in [-0.4, -0.2) is 19.3 Å². The molecule has 1 N–H and O–H groups in total. The third kappa shape index (κ3) is 5.99. The van der Waals surface area contributed by atoms with Crippen LogP contribution in [0.15, 0.2) is 29.8 Å². The van der Waals surface area contributed by atoms with Crippen molar-refractivity contribution in [2.24, 2.45) is 0 Å². The zero-order valence-electron chi connectivity index (χ0n) is 12.0. The number of hydrogen-bond donors (Lipinski definition) is 1. The van der Waals surface area contributed by atoms with Crippen LogP contribution in [0, 0.1) is 0 Å². The van der Waals surface area contributed by atoms with Crippen LogP contribution in [0.2, 0.25) is 0 Å². The summed E-state index contributed by atoms with van der Waals surface area (Å²) in [6, 6.07) is 5.79. The van der Waals surface area contributed by atoms with Crippen molar-refractivity contribution in [1.29, 1.82) is 0 Å². The number of halogens is 1. The van der Waals surface area contributed by atoms with Gasteiger partial charge in [0.05, 0.1) is 7.11 Å². The molecule has 0 spiro atoms. The summed E-state index contributed by atoms with van der Waals surface area (Å²) >= 11 is 5.48. The molecule has 0 amide bonds. The largest absolute Gasteiger partial charge is 0.497 e. The first-order valence-electron chi connectivity index (χ1n) is 6.26. The minimum Gasteiger partial charge on any atom is -0.497 e. The number of nitrogens with one attached hydrogen (secondary N) is 1. The Kier molecular flexibility index (Phi) is 6.19. The van der Waals surface area contributed by atoms with Crippen molar-refractivity contribution in [3.63, 3.8) is 0 Å². The Labute approximate surface area is 120 Å². The van der Waals surface area contributed by atoms with E-state index < -0.39 is 0 Å². The van der Waals surface area contributed by atoms with Gasteiger partial charge in [0.15, 0.2) is 0 Å². The smallest absolute Gasteiger partial charge is 0.124 e. The molecule has 3 nitrogen and oxygen atoms in total. The first-order valence-corrected chi connectivity index (χ1v) is 6.70. The molecule has 4 heteroatoms. The van der Waals surface area contributed by atoms with E-state index >= 15 is 0 Å². The van der Waals surface area contributed by atoms with Crippen LogP contribution < -0.4 is 14.8 Å². The summed E-state index contributed by atoms with van der Waals surface area (Å²) in [5, 5.41) is 3.44. The van der Waals surface area contributed by atoms with Crippen molar-refractivity contribution >= 4 is 11.6 Å². The first kappa shape index (κ1) is 15.9. The third-order valence-electron chi connectivity index (χ3n) is 2.50. The van der Waals surface area contributed by atoms with E-state index in [-0.39, 0.29) is 5.54 Å². The van der Waals surface area contributed by atoms with Crippen LogP contribution in [0.1, 0.15) is 26.3 Å². The van der Waals surface area contributed by atoms with Gasteiger partial charge in [-0.1, -0.05) is 11.6 Å². The van der Waals surface area contributed by atoms with Gasteiger partial charge in [-0.05, 0) is 45.0 Å². The Morgan fingerprint density at radius 3 is 2.63 bits per heavy atom. The number of rotatable bonds is 6. The molecule has 0 radical (unpaired) electrons. The molecule has 0 unspecified atom stereocenters. The standard InChI is InChI=1S/C15H22ClNO2/c1-15(2,3)17-11-12-10-13(18-4)6-7-14(12)19-9-5-8-16/h5-8,10,17H,9,11H2,1-4H3. The quantitative estimate of drug-likeness (QED) is 0.863. The van der Waals surface area contributed by atoms with Crippen LogP contribution in [-0.2, 0) is 6.54 Å². The highest BCUT2D eigenvalue weighted by molar-refractivity contribution is 6.25. The molecule has 0 aromatic heterocycles. The lowest BCUT2D eigenvalue weighted by Gasteiger charge is -2.22. The summed E-state index contributed by atoms with van der Waals surface area (Å²) in [5.41, 5.74) is 2.57. The number of benzene rings is 1. The lowest BCUT2D eigenvalue weighted by atomic mass is 10.1. The van der Waals surface area contributed by atoms with E-state index in [4.69, 9.17) is 21.1 Å². The minimum atomic E-state index is 0.0520. The van der Waals surface area contributed by atoms with Crippen LogP contribution in [0.3, 0.4) is 0 Å². The molecule has 0 saturated heterocycles. The van der Waals surface area contributed by atoms with E-state index in [1.54, 1.807) is 13.2 Å². The second kappa shape index (κ2) is 7.41. The summed E-state index contributed by atoms with van der Waals surface area (Å²) in [5.74, 6) is 1.67. The molecule has 0 bridgehead atoms. The van der Waals surface area contributed by atoms with Crippen molar-refractivity contribution in [3.05, 3.63) is 35.4 Å². The highest BCUT2D eigenvalue weighted by atomic mass is 35.5. The Morgan fingerprint density at radius 1 is 1.32 bits per heavy atom. The van der Waals surface area contributed by atoms with Crippen LogP contribution in [0.5, 0.6) is 11.5 Å². The van der Waals surface area contributed by atoms with Crippen molar-refractivity contribution in [3.8, 4) is 11.5 Å². The predicted octanol–water partition coefficient (Wildman–Crippen LogP) is 3.71. The molecule has 1 rings (SSSR count). The fraction of sp³-hybridized carbons (Fsp3) is 0.467. The van der Waals surface area contributed by atoms with Gasteiger partial charge in [0.1, 0.15) is 18.1 Å². The molecule has 106 valence electrons. The van der Waals surface area contributed by atoms with Gasteiger partial charge in [-0.2, -0.15) is 0 Å². The maximum absolute atomic E-state index is 5.68. The molecule has 0 fully saturated rings. The summed E-state index contributed by atoms with van der Waals surface area (Å²) < 4.78 is 10.9. The summed E-state index contributed by atoms with van der Waals surface area (Å²) in [6.07, 6.45) is 1.76. The first-order chi connectivity index (χ1) is 8.96. The third-order valence-corrected chi connectivity index (χ3v) is 2.68. The van der Waals surface area contributed by atoms with E-state index in [1.807, 2.05) is 18.2 Å². The van der Waals surface area contributed by atoms with E-state index in [1.165, 1.54) is 5.54 Å². The van der Waals surface area contributed by atoms with Gasteiger partial charge in [0.2, 0.25) is 0 Å². The van der Waals surface area contributed by atoms with Crippen LogP contribution in [0.4, 0.5) is 0 Å². The van der Waals surface area contributed by atoms with Crippen molar-refractivity contribution in [2.75, 3.05) is 13.7 Å². The fourth-order valence-electron chi connectivity index (χ4n) is 1.50. The van der Waals surface area contributed by atoms with Gasteiger partial charge in [-0.3, -0.25) is 0 Å². The molecule has 0 aliphatic heterocycles. The second-order valence-electron chi connectivity index (χ2n) is 5.25. The summed E-state index contributed by atoms with van der Waals surface area (Å²) in [4.78, 5) is 0. The van der Waals surface area contributed by atoms with E-state index in [0.29, 0.717) is 6.61 Å². The van der Waals surface area contributed by atoms with Gasteiger partial charge in [0.25, 0.3) is 0 Å². The molecular formula is C15H22ClNO2. The SMILES string of the molecule is COc1ccc(OCC=CCl)c(CNC(C)(C)C)c1. The molecule has 0 aliphatic carbocycles. The summed E-state index contributed by atoms with van der Waals surface area (Å²) in [6.45, 7) is 7.57. The zero-order chi connectivity index (χ0) is 14.3. The average Bonchev–Trinajstić information content (AvgIpc) is 2.36. The van der Waals surface area contributed by atoms with E-state index in [9.17, 15) is 0 Å². The van der Waals surface area contributed by atoms with Gasteiger partial charge in [0, 0.05) is 23.2 Å². The normalized spacial score (nSPS) is 11.8. The van der Waals surface area contributed by atoms with Gasteiger partial charge in [-0.25, -0.2) is 0 Å². The fourth-order valence-corrected chi connectivity index (χ4v) is 1.57. The van der Waals surface area contributed by atoms with E-state index in [0.717, 1.165) is 23.6 Å². The molecule has 1 aromatic rings. The zero-order valence-corrected chi connectivity index (χ0v) is 12.8. The highest BCUT2D eigenvalue weighted by Gasteiger charge is 2.11. The molecule has 1 aromatic carbocycles. The van der Waals surface area contributed by atoms with Crippen molar-refractivity contribution in [2.45, 2.75) is 32.9 Å². The van der Waals surface area contributed by atoms with Gasteiger partial charge in [-0.15, -0.1) is 0 Å². The maximum Gasteiger partial charge on any atom is 0.124 e. The average molecular weight is 284 g/mol. The summed E-state index contributed by atoms with van der Waals surface area (Å²) in [7, 11) is 1.66. The minimum absolute atomic E-state index is 0.0520. The number of hydrogen-bond acceptors (Lipinski definition) is 3. The molecular weight excluding hydrogens is 262 g/mol. The molecule has 19 heavy (non-hydrogen) atoms. The van der Waals surface area contributed by atoms with Crippen LogP contribution >= 0.6 is 11.6 Å². The van der Waals surface area contributed by atoms with Crippen molar-refractivity contribution in [1.82, 2.24) is 5.32 Å². The molecule has 0 heterocycles. The Hall–Kier alpha value is -1.19.